The quantitative estimate of drug-likeness (QED) is 0.657. The van der Waals surface area contributed by atoms with Gasteiger partial charge in [-0.2, -0.15) is 5.10 Å². The number of hydrogen-bond acceptors (Lipinski definition) is 5. The molecule has 1 aromatic carbocycles. The van der Waals surface area contributed by atoms with E-state index in [2.05, 4.69) is 25.9 Å². The molecule has 0 saturated heterocycles. The molecule has 0 aliphatic heterocycles. The minimum atomic E-state index is -0.0816. The lowest BCUT2D eigenvalue weighted by atomic mass is 10.1. The fourth-order valence-corrected chi connectivity index (χ4v) is 2.73. The molecular formula is C20H24N6O. The highest BCUT2D eigenvalue weighted by Crippen LogP contribution is 2.15. The Morgan fingerprint density at radius 3 is 2.48 bits per heavy atom. The Morgan fingerprint density at radius 1 is 1.04 bits per heavy atom. The maximum atomic E-state index is 12.1. The first kappa shape index (κ1) is 18.6. The van der Waals surface area contributed by atoms with Crippen LogP contribution in [0.4, 0.5) is 5.82 Å². The van der Waals surface area contributed by atoms with Gasteiger partial charge in [0.2, 0.25) is 0 Å². The van der Waals surface area contributed by atoms with Crippen LogP contribution in [0.5, 0.6) is 0 Å². The van der Waals surface area contributed by atoms with Crippen LogP contribution < -0.4 is 10.6 Å². The van der Waals surface area contributed by atoms with Gasteiger partial charge in [-0.3, -0.25) is 4.79 Å². The summed E-state index contributed by atoms with van der Waals surface area (Å²) in [6, 6.07) is 11.3. The number of anilines is 1. The molecule has 140 valence electrons. The first-order valence-electron chi connectivity index (χ1n) is 8.91. The van der Waals surface area contributed by atoms with Crippen LogP contribution in [0.3, 0.4) is 0 Å². The van der Waals surface area contributed by atoms with E-state index in [0.29, 0.717) is 30.3 Å². The Labute approximate surface area is 158 Å². The minimum Gasteiger partial charge on any atom is -0.367 e. The fraction of sp³-hybridized carbons (Fsp3) is 0.300. The van der Waals surface area contributed by atoms with Gasteiger partial charge in [0, 0.05) is 24.3 Å². The Bertz CT molecular complexity index is 946. The minimum absolute atomic E-state index is 0.0816. The number of rotatable bonds is 6. The van der Waals surface area contributed by atoms with E-state index in [1.807, 2.05) is 58.0 Å². The van der Waals surface area contributed by atoms with E-state index >= 15 is 0 Å². The second-order valence-electron chi connectivity index (χ2n) is 6.54. The zero-order valence-electron chi connectivity index (χ0n) is 16.1. The zero-order chi connectivity index (χ0) is 19.4. The first-order chi connectivity index (χ1) is 13.0. The number of aromatic nitrogens is 4. The van der Waals surface area contributed by atoms with Gasteiger partial charge in [0.15, 0.2) is 5.82 Å². The summed E-state index contributed by atoms with van der Waals surface area (Å²) < 4.78 is 1.80. The summed E-state index contributed by atoms with van der Waals surface area (Å²) in [4.78, 5) is 12.1. The molecule has 1 amide bonds. The van der Waals surface area contributed by atoms with E-state index in [-0.39, 0.29) is 5.91 Å². The second-order valence-corrected chi connectivity index (χ2v) is 6.54. The molecule has 7 heteroatoms. The average Bonchev–Trinajstić information content (AvgIpc) is 2.93. The highest BCUT2D eigenvalue weighted by Gasteiger charge is 2.10. The molecule has 3 rings (SSSR count). The van der Waals surface area contributed by atoms with Gasteiger partial charge in [-0.15, -0.1) is 10.2 Å². The summed E-state index contributed by atoms with van der Waals surface area (Å²) in [5.74, 6) is 1.26. The first-order valence-corrected chi connectivity index (χ1v) is 8.91. The van der Waals surface area contributed by atoms with Crippen molar-refractivity contribution in [1.29, 1.82) is 0 Å². The van der Waals surface area contributed by atoms with Gasteiger partial charge in [0.05, 0.1) is 5.69 Å². The number of nitrogens with zero attached hydrogens (tertiary/aromatic N) is 4. The van der Waals surface area contributed by atoms with Crippen molar-refractivity contribution in [3.63, 3.8) is 0 Å². The van der Waals surface area contributed by atoms with Gasteiger partial charge in [-0.1, -0.05) is 17.7 Å². The molecule has 0 spiro atoms. The van der Waals surface area contributed by atoms with Gasteiger partial charge in [-0.25, -0.2) is 4.68 Å². The van der Waals surface area contributed by atoms with E-state index in [1.54, 1.807) is 10.7 Å². The van der Waals surface area contributed by atoms with Crippen LogP contribution in [0.15, 0.2) is 36.4 Å². The Hall–Kier alpha value is -3.22. The standard InChI is InChI=1S/C20H24N6O/c1-13-6-5-7-17(12-13)20(27)22-11-10-21-18-8-9-19(24-23-18)26-16(4)14(2)15(3)25-26/h5-9,12H,10-11H2,1-4H3,(H,21,23)(H,22,27). The Balaban J connectivity index is 1.52. The van der Waals surface area contributed by atoms with Crippen molar-refractivity contribution in [2.75, 3.05) is 18.4 Å². The summed E-state index contributed by atoms with van der Waals surface area (Å²) in [6.07, 6.45) is 0. The molecule has 0 aliphatic carbocycles. The number of benzene rings is 1. The molecule has 2 heterocycles. The molecular weight excluding hydrogens is 340 g/mol. The third kappa shape index (κ3) is 4.31. The van der Waals surface area contributed by atoms with Crippen LogP contribution in [-0.4, -0.2) is 39.0 Å². The van der Waals surface area contributed by atoms with Gasteiger partial charge >= 0.3 is 0 Å². The summed E-state index contributed by atoms with van der Waals surface area (Å²) in [5.41, 5.74) is 4.93. The highest BCUT2D eigenvalue weighted by atomic mass is 16.1. The zero-order valence-corrected chi connectivity index (χ0v) is 16.1. The maximum Gasteiger partial charge on any atom is 0.251 e. The average molecular weight is 364 g/mol. The maximum absolute atomic E-state index is 12.1. The molecule has 0 saturated carbocycles. The fourth-order valence-electron chi connectivity index (χ4n) is 2.73. The third-order valence-corrected chi connectivity index (χ3v) is 4.52. The molecule has 27 heavy (non-hydrogen) atoms. The van der Waals surface area contributed by atoms with E-state index in [4.69, 9.17) is 0 Å². The lowest BCUT2D eigenvalue weighted by Gasteiger charge is -2.08. The van der Waals surface area contributed by atoms with Crippen molar-refractivity contribution in [2.45, 2.75) is 27.7 Å². The molecule has 0 aliphatic rings. The van der Waals surface area contributed by atoms with E-state index in [9.17, 15) is 4.79 Å². The monoisotopic (exact) mass is 364 g/mol. The molecule has 0 bridgehead atoms. The van der Waals surface area contributed by atoms with Gasteiger partial charge in [0.1, 0.15) is 5.82 Å². The molecule has 0 unspecified atom stereocenters. The highest BCUT2D eigenvalue weighted by molar-refractivity contribution is 5.94. The van der Waals surface area contributed by atoms with E-state index in [1.165, 1.54) is 0 Å². The number of nitrogens with one attached hydrogen (secondary N) is 2. The van der Waals surface area contributed by atoms with Crippen molar-refractivity contribution >= 4 is 11.7 Å². The number of carbonyl (C=O) groups is 1. The van der Waals surface area contributed by atoms with Crippen LogP contribution in [0, 0.1) is 27.7 Å². The van der Waals surface area contributed by atoms with Crippen LogP contribution in [-0.2, 0) is 0 Å². The van der Waals surface area contributed by atoms with Gasteiger partial charge in [0.25, 0.3) is 5.91 Å². The largest absolute Gasteiger partial charge is 0.367 e. The number of carbonyl (C=O) groups excluding carboxylic acids is 1. The molecule has 3 aromatic rings. The summed E-state index contributed by atoms with van der Waals surface area (Å²) in [5, 5.41) is 18.9. The van der Waals surface area contributed by atoms with Gasteiger partial charge in [-0.05, 0) is 57.5 Å². The Morgan fingerprint density at radius 2 is 1.85 bits per heavy atom. The predicted octanol–water partition coefficient (Wildman–Crippen LogP) is 2.74. The smallest absolute Gasteiger partial charge is 0.251 e. The van der Waals surface area contributed by atoms with Crippen molar-refractivity contribution < 1.29 is 4.79 Å². The summed E-state index contributed by atoms with van der Waals surface area (Å²) in [6.45, 7) is 9.06. The SMILES string of the molecule is Cc1cccc(C(=O)NCCNc2ccc(-n3nc(C)c(C)c3C)nn2)c1. The number of hydrogen-bond donors (Lipinski definition) is 2. The van der Waals surface area contributed by atoms with Crippen molar-refractivity contribution in [3.05, 3.63) is 64.5 Å². The van der Waals surface area contributed by atoms with Crippen LogP contribution >= 0.6 is 0 Å². The van der Waals surface area contributed by atoms with Crippen molar-refractivity contribution in [1.82, 2.24) is 25.3 Å². The van der Waals surface area contributed by atoms with Crippen LogP contribution in [0.2, 0.25) is 0 Å². The van der Waals surface area contributed by atoms with Gasteiger partial charge < -0.3 is 10.6 Å². The summed E-state index contributed by atoms with van der Waals surface area (Å²) >= 11 is 0. The predicted molar refractivity (Wildman–Crippen MR) is 105 cm³/mol. The Kier molecular flexibility index (Phi) is 5.49. The lowest BCUT2D eigenvalue weighted by Crippen LogP contribution is -2.29. The van der Waals surface area contributed by atoms with Crippen LogP contribution in [0.25, 0.3) is 5.82 Å². The third-order valence-electron chi connectivity index (χ3n) is 4.52. The molecule has 7 nitrogen and oxygen atoms in total. The molecule has 0 atom stereocenters. The van der Waals surface area contributed by atoms with Crippen molar-refractivity contribution in [2.24, 2.45) is 0 Å². The lowest BCUT2D eigenvalue weighted by molar-refractivity contribution is 0.0955. The number of aryl methyl sites for hydroxylation is 2. The van der Waals surface area contributed by atoms with E-state index in [0.717, 1.165) is 22.5 Å². The summed E-state index contributed by atoms with van der Waals surface area (Å²) in [7, 11) is 0. The topological polar surface area (TPSA) is 84.7 Å². The molecule has 2 aromatic heterocycles. The molecule has 0 radical (unpaired) electrons. The molecule has 0 fully saturated rings. The second kappa shape index (κ2) is 7.99. The van der Waals surface area contributed by atoms with Crippen molar-refractivity contribution in [3.8, 4) is 5.82 Å². The van der Waals surface area contributed by atoms with Crippen LogP contribution in [0.1, 0.15) is 32.9 Å². The number of amides is 1. The van der Waals surface area contributed by atoms with E-state index < -0.39 is 0 Å². The normalized spacial score (nSPS) is 10.7. The molecule has 2 N–H and O–H groups in total.